The van der Waals surface area contributed by atoms with E-state index in [-0.39, 0.29) is 18.0 Å². The van der Waals surface area contributed by atoms with E-state index in [1.54, 1.807) is 26.0 Å². The van der Waals surface area contributed by atoms with Gasteiger partial charge in [0.15, 0.2) is 5.75 Å². The van der Waals surface area contributed by atoms with Gasteiger partial charge < -0.3 is 9.84 Å². The van der Waals surface area contributed by atoms with Gasteiger partial charge in [0.25, 0.3) is 0 Å². The van der Waals surface area contributed by atoms with E-state index in [1.165, 1.54) is 6.07 Å². The molecule has 0 aliphatic rings. The molecule has 0 amide bonds. The molecule has 0 saturated heterocycles. The summed E-state index contributed by atoms with van der Waals surface area (Å²) in [5.41, 5.74) is 0.688. The van der Waals surface area contributed by atoms with Gasteiger partial charge in [0, 0.05) is 12.0 Å². The zero-order valence-electron chi connectivity index (χ0n) is 9.27. The SMILES string of the molecule is CCOc1cc([C](C)CO)ccc1[N+](=O)[O-]. The third kappa shape index (κ3) is 2.70. The number of nitro benzene ring substituents is 1. The molecule has 0 unspecified atom stereocenters. The van der Waals surface area contributed by atoms with Crippen molar-refractivity contribution in [2.75, 3.05) is 13.2 Å². The van der Waals surface area contributed by atoms with Crippen molar-refractivity contribution in [2.24, 2.45) is 0 Å². The number of nitrogens with zero attached hydrogens (tertiary/aromatic N) is 1. The van der Waals surface area contributed by atoms with Crippen molar-refractivity contribution in [1.82, 2.24) is 0 Å². The van der Waals surface area contributed by atoms with Crippen LogP contribution < -0.4 is 4.74 Å². The average molecular weight is 224 g/mol. The van der Waals surface area contributed by atoms with Gasteiger partial charge >= 0.3 is 5.69 Å². The molecule has 5 nitrogen and oxygen atoms in total. The molecule has 0 aliphatic heterocycles. The Morgan fingerprint density at radius 2 is 2.25 bits per heavy atom. The fraction of sp³-hybridized carbons (Fsp3) is 0.364. The monoisotopic (exact) mass is 224 g/mol. The summed E-state index contributed by atoms with van der Waals surface area (Å²) in [6.45, 7) is 3.81. The van der Waals surface area contributed by atoms with Gasteiger partial charge in [-0.2, -0.15) is 0 Å². The summed E-state index contributed by atoms with van der Waals surface area (Å²) in [4.78, 5) is 10.2. The number of rotatable bonds is 5. The van der Waals surface area contributed by atoms with Gasteiger partial charge in [-0.05, 0) is 18.6 Å². The lowest BCUT2D eigenvalue weighted by molar-refractivity contribution is -0.385. The molecule has 87 valence electrons. The maximum Gasteiger partial charge on any atom is 0.310 e. The topological polar surface area (TPSA) is 72.6 Å². The Bertz CT molecular complexity index is 378. The molecular formula is C11H14NO4. The number of hydrogen-bond acceptors (Lipinski definition) is 4. The van der Waals surface area contributed by atoms with Crippen LogP contribution in [0.25, 0.3) is 0 Å². The zero-order valence-corrected chi connectivity index (χ0v) is 9.27. The first kappa shape index (κ1) is 12.4. The van der Waals surface area contributed by atoms with Crippen LogP contribution >= 0.6 is 0 Å². The van der Waals surface area contributed by atoms with Crippen LogP contribution in [0.15, 0.2) is 18.2 Å². The van der Waals surface area contributed by atoms with Gasteiger partial charge in [0.2, 0.25) is 0 Å². The minimum Gasteiger partial charge on any atom is -0.487 e. The molecule has 0 fully saturated rings. The molecule has 0 bridgehead atoms. The minimum absolute atomic E-state index is 0.0589. The molecule has 0 atom stereocenters. The van der Waals surface area contributed by atoms with Crippen molar-refractivity contribution in [2.45, 2.75) is 13.8 Å². The molecule has 0 aliphatic carbocycles. The normalized spacial score (nSPS) is 10.5. The minimum atomic E-state index is -0.483. The van der Waals surface area contributed by atoms with Gasteiger partial charge in [-0.1, -0.05) is 13.0 Å². The molecule has 5 heteroatoms. The Kier molecular flexibility index (Phi) is 4.25. The quantitative estimate of drug-likeness (QED) is 0.612. The summed E-state index contributed by atoms with van der Waals surface area (Å²) in [6, 6.07) is 4.57. The summed E-state index contributed by atoms with van der Waals surface area (Å²) in [6.07, 6.45) is 0. The van der Waals surface area contributed by atoms with Crippen molar-refractivity contribution in [1.29, 1.82) is 0 Å². The highest BCUT2D eigenvalue weighted by Crippen LogP contribution is 2.30. The average Bonchev–Trinajstić information content (AvgIpc) is 2.28. The highest BCUT2D eigenvalue weighted by molar-refractivity contribution is 5.51. The largest absolute Gasteiger partial charge is 0.487 e. The molecule has 1 radical (unpaired) electrons. The van der Waals surface area contributed by atoms with Crippen molar-refractivity contribution in [3.63, 3.8) is 0 Å². The molecule has 1 rings (SSSR count). The molecule has 16 heavy (non-hydrogen) atoms. The number of aliphatic hydroxyl groups is 1. The highest BCUT2D eigenvalue weighted by Gasteiger charge is 2.17. The number of aliphatic hydroxyl groups excluding tert-OH is 1. The van der Waals surface area contributed by atoms with Crippen LogP contribution in [0.3, 0.4) is 0 Å². The maximum atomic E-state index is 10.7. The first-order valence-corrected chi connectivity index (χ1v) is 4.95. The fourth-order valence-corrected chi connectivity index (χ4v) is 1.29. The second-order valence-corrected chi connectivity index (χ2v) is 3.31. The second-order valence-electron chi connectivity index (χ2n) is 3.31. The van der Waals surface area contributed by atoms with E-state index in [2.05, 4.69) is 0 Å². The van der Waals surface area contributed by atoms with Crippen LogP contribution in [0, 0.1) is 16.0 Å². The smallest absolute Gasteiger partial charge is 0.310 e. The number of hydrogen-bond donors (Lipinski definition) is 1. The summed E-state index contributed by atoms with van der Waals surface area (Å²) >= 11 is 0. The second kappa shape index (κ2) is 5.46. The first-order valence-electron chi connectivity index (χ1n) is 4.95. The lowest BCUT2D eigenvalue weighted by Gasteiger charge is -2.10. The lowest BCUT2D eigenvalue weighted by Crippen LogP contribution is -2.03. The molecule has 0 spiro atoms. The third-order valence-corrected chi connectivity index (χ3v) is 2.19. The lowest BCUT2D eigenvalue weighted by atomic mass is 10.0. The van der Waals surface area contributed by atoms with Crippen molar-refractivity contribution in [3.05, 3.63) is 39.8 Å². The Balaban J connectivity index is 3.11. The van der Waals surface area contributed by atoms with Crippen LogP contribution in [-0.4, -0.2) is 23.2 Å². The first-order chi connectivity index (χ1) is 7.60. The standard InChI is InChI=1S/C11H14NO4/c1-3-16-11-6-9(8(2)7-13)4-5-10(11)12(14)15/h4-6,13H,3,7H2,1-2H3. The van der Waals surface area contributed by atoms with E-state index < -0.39 is 4.92 Å². The number of ether oxygens (including phenoxy) is 1. The molecule has 1 N–H and O–H groups in total. The van der Waals surface area contributed by atoms with E-state index in [9.17, 15) is 10.1 Å². The summed E-state index contributed by atoms with van der Waals surface area (Å²) < 4.78 is 5.20. The molecule has 1 aromatic carbocycles. The predicted molar refractivity (Wildman–Crippen MR) is 59.4 cm³/mol. The van der Waals surface area contributed by atoms with E-state index in [0.717, 1.165) is 11.5 Å². The molecule has 0 saturated carbocycles. The Hall–Kier alpha value is -1.62. The Morgan fingerprint density at radius 3 is 2.75 bits per heavy atom. The zero-order chi connectivity index (χ0) is 12.1. The van der Waals surface area contributed by atoms with Gasteiger partial charge in [-0.3, -0.25) is 10.1 Å². The summed E-state index contributed by atoms with van der Waals surface area (Å²) in [7, 11) is 0. The fourth-order valence-electron chi connectivity index (χ4n) is 1.29. The van der Waals surface area contributed by atoms with E-state index in [0.29, 0.717) is 6.61 Å². The Morgan fingerprint density at radius 1 is 1.56 bits per heavy atom. The van der Waals surface area contributed by atoms with Crippen molar-refractivity contribution >= 4 is 5.69 Å². The summed E-state index contributed by atoms with van der Waals surface area (Å²) in [5.74, 6) is 0.980. The van der Waals surface area contributed by atoms with Crippen molar-refractivity contribution in [3.8, 4) is 5.75 Å². The maximum absolute atomic E-state index is 10.7. The van der Waals surface area contributed by atoms with Crippen LogP contribution in [0.5, 0.6) is 5.75 Å². The third-order valence-electron chi connectivity index (χ3n) is 2.19. The molecule has 0 aromatic heterocycles. The van der Waals surface area contributed by atoms with Crippen LogP contribution in [0.2, 0.25) is 0 Å². The van der Waals surface area contributed by atoms with Gasteiger partial charge in [0.1, 0.15) is 0 Å². The van der Waals surface area contributed by atoms with E-state index in [1.807, 2.05) is 0 Å². The highest BCUT2D eigenvalue weighted by atomic mass is 16.6. The molecular weight excluding hydrogens is 210 g/mol. The van der Waals surface area contributed by atoms with Crippen LogP contribution in [0.1, 0.15) is 19.4 Å². The van der Waals surface area contributed by atoms with E-state index in [4.69, 9.17) is 9.84 Å². The Labute approximate surface area is 93.8 Å². The van der Waals surface area contributed by atoms with Crippen LogP contribution in [0.4, 0.5) is 5.69 Å². The number of nitro groups is 1. The number of benzene rings is 1. The summed E-state index contributed by atoms with van der Waals surface area (Å²) in [5, 5.41) is 19.7. The van der Waals surface area contributed by atoms with Gasteiger partial charge in [-0.15, -0.1) is 0 Å². The predicted octanol–water partition coefficient (Wildman–Crippen LogP) is 1.93. The molecule has 0 heterocycles. The van der Waals surface area contributed by atoms with Gasteiger partial charge in [-0.25, -0.2) is 0 Å². The van der Waals surface area contributed by atoms with E-state index >= 15 is 0 Å². The van der Waals surface area contributed by atoms with Gasteiger partial charge in [0.05, 0.1) is 18.1 Å². The molecule has 1 aromatic rings. The van der Waals surface area contributed by atoms with Crippen molar-refractivity contribution < 1.29 is 14.8 Å². The van der Waals surface area contributed by atoms with Crippen LogP contribution in [-0.2, 0) is 0 Å².